The molecule has 0 amide bonds. The Balaban J connectivity index is 1.88. The summed E-state index contributed by atoms with van der Waals surface area (Å²) < 4.78 is 30.6. The maximum absolute atomic E-state index is 13.7. The largest absolute Gasteiger partial charge is 0.495 e. The Hall–Kier alpha value is -1.43. The van der Waals surface area contributed by atoms with Crippen molar-refractivity contribution in [2.45, 2.75) is 25.2 Å². The number of hydrogen-bond acceptors (Lipinski definition) is 3. The number of benzene rings is 1. The second-order valence-electron chi connectivity index (χ2n) is 4.93. The van der Waals surface area contributed by atoms with Gasteiger partial charge in [-0.15, -0.1) is 0 Å². The van der Waals surface area contributed by atoms with E-state index < -0.39 is 13.2 Å². The monoisotopic (exact) mass is 274 g/mol. The molecule has 0 bridgehead atoms. The maximum atomic E-state index is 13.7. The van der Waals surface area contributed by atoms with Crippen LogP contribution >= 0.6 is 0 Å². The summed E-state index contributed by atoms with van der Waals surface area (Å²) in [5, 5.41) is 0. The first-order chi connectivity index (χ1) is 9.70. The first kappa shape index (κ1) is 13.6. The molecule has 3 nitrogen and oxygen atoms in total. The maximum Gasteiger partial charge on any atom is 0.495 e. The Bertz CT molecular complexity index is 558. The van der Waals surface area contributed by atoms with Crippen molar-refractivity contribution in [2.75, 3.05) is 7.11 Å². The molecule has 3 atom stereocenters. The van der Waals surface area contributed by atoms with Crippen molar-refractivity contribution in [1.29, 1.82) is 0 Å². The SMILES string of the molecule is CO[C@@H](C)c1ccccc1B1O[C@H]2C=CC=C(F)[C@H]2O1. The summed E-state index contributed by atoms with van der Waals surface area (Å²) in [6.07, 6.45) is 3.81. The molecule has 1 saturated heterocycles. The van der Waals surface area contributed by atoms with Crippen molar-refractivity contribution in [1.82, 2.24) is 0 Å². The van der Waals surface area contributed by atoms with Crippen LogP contribution in [0.3, 0.4) is 0 Å². The third kappa shape index (κ3) is 2.33. The van der Waals surface area contributed by atoms with Crippen LogP contribution in [0, 0.1) is 0 Å². The van der Waals surface area contributed by atoms with Gasteiger partial charge in [-0.3, -0.25) is 0 Å². The molecule has 104 valence electrons. The molecule has 0 saturated carbocycles. The van der Waals surface area contributed by atoms with Crippen LogP contribution in [0.1, 0.15) is 18.6 Å². The lowest BCUT2D eigenvalue weighted by Gasteiger charge is -2.16. The van der Waals surface area contributed by atoms with E-state index in [1.807, 2.05) is 37.3 Å². The van der Waals surface area contributed by atoms with E-state index >= 15 is 0 Å². The first-order valence-electron chi connectivity index (χ1n) is 6.67. The Labute approximate surface area is 118 Å². The Morgan fingerprint density at radius 1 is 1.30 bits per heavy atom. The van der Waals surface area contributed by atoms with Gasteiger partial charge in [0, 0.05) is 7.11 Å². The zero-order valence-corrected chi connectivity index (χ0v) is 11.5. The molecule has 0 N–H and O–H groups in total. The molecule has 0 spiro atoms. The zero-order chi connectivity index (χ0) is 14.1. The van der Waals surface area contributed by atoms with E-state index in [1.54, 1.807) is 13.2 Å². The summed E-state index contributed by atoms with van der Waals surface area (Å²) in [7, 11) is 1.09. The lowest BCUT2D eigenvalue weighted by atomic mass is 9.75. The molecule has 0 unspecified atom stereocenters. The van der Waals surface area contributed by atoms with Gasteiger partial charge in [0.25, 0.3) is 0 Å². The summed E-state index contributed by atoms with van der Waals surface area (Å²) in [4.78, 5) is 0. The van der Waals surface area contributed by atoms with E-state index in [0.717, 1.165) is 11.0 Å². The van der Waals surface area contributed by atoms with Crippen LogP contribution in [-0.2, 0) is 14.0 Å². The molecule has 3 rings (SSSR count). The van der Waals surface area contributed by atoms with Crippen molar-refractivity contribution in [3.8, 4) is 0 Å². The van der Waals surface area contributed by atoms with Gasteiger partial charge in [-0.25, -0.2) is 4.39 Å². The van der Waals surface area contributed by atoms with E-state index in [-0.39, 0.29) is 18.0 Å². The molecule has 1 aromatic carbocycles. The summed E-state index contributed by atoms with van der Waals surface area (Å²) >= 11 is 0. The van der Waals surface area contributed by atoms with Crippen LogP contribution in [-0.4, -0.2) is 26.4 Å². The van der Waals surface area contributed by atoms with E-state index in [0.29, 0.717) is 0 Å². The van der Waals surface area contributed by atoms with E-state index in [9.17, 15) is 4.39 Å². The number of ether oxygens (including phenoxy) is 1. The van der Waals surface area contributed by atoms with E-state index in [4.69, 9.17) is 14.0 Å². The number of allylic oxidation sites excluding steroid dienone is 2. The molecular formula is C15H16BFO3. The predicted molar refractivity (Wildman–Crippen MR) is 75.3 cm³/mol. The van der Waals surface area contributed by atoms with Gasteiger partial charge in [-0.2, -0.15) is 0 Å². The third-order valence-corrected chi connectivity index (χ3v) is 3.72. The number of fused-ring (bicyclic) bond motifs is 1. The highest BCUT2D eigenvalue weighted by Gasteiger charge is 2.43. The van der Waals surface area contributed by atoms with Gasteiger partial charge < -0.3 is 14.0 Å². The van der Waals surface area contributed by atoms with Crippen LogP contribution in [0.25, 0.3) is 0 Å². The van der Waals surface area contributed by atoms with Crippen molar-refractivity contribution >= 4 is 12.6 Å². The summed E-state index contributed by atoms with van der Waals surface area (Å²) in [5.41, 5.74) is 1.88. The summed E-state index contributed by atoms with van der Waals surface area (Å²) in [6, 6.07) is 7.76. The van der Waals surface area contributed by atoms with Crippen molar-refractivity contribution in [3.63, 3.8) is 0 Å². The van der Waals surface area contributed by atoms with Gasteiger partial charge >= 0.3 is 7.12 Å². The average Bonchev–Trinajstić information content (AvgIpc) is 2.92. The molecular weight excluding hydrogens is 258 g/mol. The van der Waals surface area contributed by atoms with Crippen LogP contribution < -0.4 is 5.46 Å². The summed E-state index contributed by atoms with van der Waals surface area (Å²) in [5.74, 6) is -0.294. The van der Waals surface area contributed by atoms with Crippen LogP contribution in [0.2, 0.25) is 0 Å². The van der Waals surface area contributed by atoms with Gasteiger partial charge in [-0.1, -0.05) is 36.4 Å². The summed E-state index contributed by atoms with van der Waals surface area (Å²) in [6.45, 7) is 1.96. The fourth-order valence-corrected chi connectivity index (χ4v) is 2.55. The highest BCUT2D eigenvalue weighted by Crippen LogP contribution is 2.28. The molecule has 2 aliphatic rings. The highest BCUT2D eigenvalue weighted by molar-refractivity contribution is 6.62. The Kier molecular flexibility index (Phi) is 3.74. The minimum Gasteiger partial charge on any atom is -0.398 e. The van der Waals surface area contributed by atoms with Gasteiger partial charge in [0.15, 0.2) is 0 Å². The first-order valence-corrected chi connectivity index (χ1v) is 6.67. The highest BCUT2D eigenvalue weighted by atomic mass is 19.1. The fourth-order valence-electron chi connectivity index (χ4n) is 2.55. The lowest BCUT2D eigenvalue weighted by molar-refractivity contribution is 0.120. The standard InChI is InChI=1S/C15H16BFO3/c1-10(18-2)11-6-3-4-7-12(11)16-19-14-9-5-8-13(17)15(14)20-16/h3-10,14-15H,1-2H3/t10-,14-,15+/m0/s1. The van der Waals surface area contributed by atoms with Crippen molar-refractivity contribution in [2.24, 2.45) is 0 Å². The molecule has 0 radical (unpaired) electrons. The van der Waals surface area contributed by atoms with E-state index in [1.165, 1.54) is 6.08 Å². The van der Waals surface area contributed by atoms with Crippen LogP contribution in [0.4, 0.5) is 4.39 Å². The minimum absolute atomic E-state index is 0.0723. The predicted octanol–water partition coefficient (Wildman–Crippen LogP) is 2.30. The fraction of sp³-hybridized carbons (Fsp3) is 0.333. The van der Waals surface area contributed by atoms with Gasteiger partial charge in [-0.05, 0) is 24.0 Å². The Morgan fingerprint density at radius 3 is 2.85 bits per heavy atom. The lowest BCUT2D eigenvalue weighted by Crippen LogP contribution is -2.36. The van der Waals surface area contributed by atoms with Crippen LogP contribution in [0.15, 0.2) is 48.3 Å². The van der Waals surface area contributed by atoms with Crippen molar-refractivity contribution < 1.29 is 18.4 Å². The normalized spacial score (nSPS) is 26.4. The van der Waals surface area contributed by atoms with Gasteiger partial charge in [0.1, 0.15) is 11.9 Å². The van der Waals surface area contributed by atoms with E-state index in [2.05, 4.69) is 0 Å². The molecule has 1 aromatic rings. The number of methoxy groups -OCH3 is 1. The Morgan fingerprint density at radius 2 is 2.10 bits per heavy atom. The second-order valence-corrected chi connectivity index (χ2v) is 4.93. The molecule has 1 aliphatic carbocycles. The smallest absolute Gasteiger partial charge is 0.398 e. The molecule has 1 aliphatic heterocycles. The van der Waals surface area contributed by atoms with Gasteiger partial charge in [0.05, 0.1) is 12.2 Å². The molecule has 1 fully saturated rings. The van der Waals surface area contributed by atoms with Gasteiger partial charge in [0.2, 0.25) is 0 Å². The average molecular weight is 274 g/mol. The number of hydrogen-bond donors (Lipinski definition) is 0. The van der Waals surface area contributed by atoms with Crippen LogP contribution in [0.5, 0.6) is 0 Å². The zero-order valence-electron chi connectivity index (χ0n) is 11.5. The van der Waals surface area contributed by atoms with Crippen molar-refractivity contribution in [3.05, 3.63) is 53.9 Å². The number of halogens is 1. The molecule has 1 heterocycles. The molecule has 0 aromatic heterocycles. The number of rotatable bonds is 3. The topological polar surface area (TPSA) is 27.7 Å². The minimum atomic E-state index is -0.643. The third-order valence-electron chi connectivity index (χ3n) is 3.72. The quantitative estimate of drug-likeness (QED) is 0.791. The molecule has 5 heteroatoms. The molecule has 20 heavy (non-hydrogen) atoms. The second kappa shape index (κ2) is 5.52.